The summed E-state index contributed by atoms with van der Waals surface area (Å²) in [4.78, 5) is 4.54. The summed E-state index contributed by atoms with van der Waals surface area (Å²) >= 11 is 6.42. The topological polar surface area (TPSA) is 15.7 Å². The predicted octanol–water partition coefficient (Wildman–Crippen LogP) is 6.94. The summed E-state index contributed by atoms with van der Waals surface area (Å²) in [5.74, 6) is 0.587. The van der Waals surface area contributed by atoms with Crippen molar-refractivity contribution in [2.24, 2.45) is 0 Å². The van der Waals surface area contributed by atoms with E-state index in [9.17, 15) is 4.39 Å². The van der Waals surface area contributed by atoms with Crippen LogP contribution in [0, 0.1) is 5.82 Å². The van der Waals surface area contributed by atoms with Crippen molar-refractivity contribution >= 4 is 34.6 Å². The Morgan fingerprint density at radius 1 is 1.00 bits per heavy atom. The molecule has 0 unspecified atom stereocenters. The van der Waals surface area contributed by atoms with E-state index in [2.05, 4.69) is 47.2 Å². The molecule has 3 aromatic rings. The quantitative estimate of drug-likeness (QED) is 0.419. The van der Waals surface area contributed by atoms with Crippen LogP contribution < -0.4 is 9.64 Å². The van der Waals surface area contributed by atoms with Gasteiger partial charge in [-0.3, -0.25) is 0 Å². The fourth-order valence-corrected chi connectivity index (χ4v) is 4.75. The number of rotatable bonds is 4. The summed E-state index contributed by atoms with van der Waals surface area (Å²) < 4.78 is 19.9. The average Bonchev–Trinajstić information content (AvgIpc) is 2.94. The van der Waals surface area contributed by atoms with Crippen LogP contribution in [0.5, 0.6) is 5.75 Å². The van der Waals surface area contributed by atoms with Gasteiger partial charge in [-0.2, -0.15) is 0 Å². The van der Waals surface area contributed by atoms with Gasteiger partial charge in [-0.25, -0.2) is 4.39 Å². The monoisotopic (exact) mass is 460 g/mol. The SMILES string of the molecule is COc1ccc(CN2c3ccc(Cl)cc3C=C(C3=CCN(C)CC3)c3cc(F)ccc32)cc1. The van der Waals surface area contributed by atoms with E-state index in [0.717, 1.165) is 58.9 Å². The molecule has 5 rings (SSSR count). The lowest BCUT2D eigenvalue weighted by Crippen LogP contribution is -2.24. The molecule has 0 amide bonds. The molecule has 5 heteroatoms. The van der Waals surface area contributed by atoms with E-state index in [1.807, 2.05) is 30.3 Å². The van der Waals surface area contributed by atoms with Crippen LogP contribution in [0.4, 0.5) is 15.8 Å². The molecule has 0 spiro atoms. The molecule has 0 atom stereocenters. The molecule has 0 aliphatic carbocycles. The molecule has 0 fully saturated rings. The summed E-state index contributed by atoms with van der Waals surface area (Å²) in [6, 6.07) is 19.1. The van der Waals surface area contributed by atoms with Gasteiger partial charge >= 0.3 is 0 Å². The first kappa shape index (κ1) is 21.7. The van der Waals surface area contributed by atoms with Crippen molar-refractivity contribution in [3.05, 3.63) is 99.8 Å². The molecule has 3 aromatic carbocycles. The van der Waals surface area contributed by atoms with E-state index in [1.165, 1.54) is 5.57 Å². The van der Waals surface area contributed by atoms with Gasteiger partial charge in [-0.15, -0.1) is 0 Å². The highest BCUT2D eigenvalue weighted by Gasteiger charge is 2.25. The number of methoxy groups -OCH3 is 1. The standard InChI is InChI=1S/C28H26ClFN2O/c1-31-13-11-20(12-14-31)25-16-21-15-22(29)5-9-27(21)32(28-10-6-23(30)17-26(25)28)18-19-3-7-24(33-2)8-4-19/h3-11,15-17H,12-14,18H2,1-2H3. The van der Waals surface area contributed by atoms with Gasteiger partial charge in [0.15, 0.2) is 0 Å². The van der Waals surface area contributed by atoms with Gasteiger partial charge in [0.2, 0.25) is 0 Å². The first-order chi connectivity index (χ1) is 16.0. The second-order valence-corrected chi connectivity index (χ2v) is 9.03. The minimum Gasteiger partial charge on any atom is -0.497 e. The van der Waals surface area contributed by atoms with Crippen molar-refractivity contribution in [2.75, 3.05) is 32.1 Å². The lowest BCUT2D eigenvalue weighted by Gasteiger charge is -2.28. The summed E-state index contributed by atoms with van der Waals surface area (Å²) in [7, 11) is 3.79. The molecule has 3 nitrogen and oxygen atoms in total. The zero-order valence-corrected chi connectivity index (χ0v) is 19.6. The van der Waals surface area contributed by atoms with Crippen LogP contribution in [0.2, 0.25) is 5.02 Å². The van der Waals surface area contributed by atoms with Crippen LogP contribution in [0.25, 0.3) is 11.6 Å². The zero-order valence-electron chi connectivity index (χ0n) is 18.8. The van der Waals surface area contributed by atoms with Crippen molar-refractivity contribution in [1.29, 1.82) is 0 Å². The van der Waals surface area contributed by atoms with Crippen LogP contribution in [0.15, 0.2) is 72.3 Å². The van der Waals surface area contributed by atoms with Crippen LogP contribution in [-0.2, 0) is 6.54 Å². The van der Waals surface area contributed by atoms with E-state index in [4.69, 9.17) is 16.3 Å². The minimum absolute atomic E-state index is 0.235. The molecule has 0 bridgehead atoms. The van der Waals surface area contributed by atoms with E-state index in [-0.39, 0.29) is 5.82 Å². The number of allylic oxidation sites excluding steroid dienone is 1. The van der Waals surface area contributed by atoms with Gasteiger partial charge in [0.25, 0.3) is 0 Å². The van der Waals surface area contributed by atoms with Crippen LogP contribution in [-0.4, -0.2) is 32.1 Å². The summed E-state index contributed by atoms with van der Waals surface area (Å²) in [6.45, 7) is 2.50. The Morgan fingerprint density at radius 2 is 1.79 bits per heavy atom. The Balaban J connectivity index is 1.68. The first-order valence-electron chi connectivity index (χ1n) is 11.1. The molecule has 2 heterocycles. The molecular formula is C28H26ClFN2O. The molecular weight excluding hydrogens is 435 g/mol. The maximum absolute atomic E-state index is 14.6. The number of hydrogen-bond donors (Lipinski definition) is 0. The number of anilines is 2. The second-order valence-electron chi connectivity index (χ2n) is 8.60. The van der Waals surface area contributed by atoms with E-state index in [1.54, 1.807) is 19.2 Å². The molecule has 168 valence electrons. The highest BCUT2D eigenvalue weighted by molar-refractivity contribution is 6.31. The van der Waals surface area contributed by atoms with Crippen LogP contribution in [0.1, 0.15) is 23.1 Å². The zero-order chi connectivity index (χ0) is 22.9. The van der Waals surface area contributed by atoms with Gasteiger partial charge in [0, 0.05) is 47.2 Å². The van der Waals surface area contributed by atoms with Gasteiger partial charge < -0.3 is 14.5 Å². The Hall–Kier alpha value is -3.08. The summed E-state index contributed by atoms with van der Waals surface area (Å²) in [5.41, 5.74) is 7.42. The number of hydrogen-bond acceptors (Lipinski definition) is 3. The first-order valence-corrected chi connectivity index (χ1v) is 11.5. The Bertz CT molecular complexity index is 1250. The van der Waals surface area contributed by atoms with Crippen LogP contribution in [0.3, 0.4) is 0 Å². The van der Waals surface area contributed by atoms with Gasteiger partial charge in [0.1, 0.15) is 11.6 Å². The number of fused-ring (bicyclic) bond motifs is 2. The van der Waals surface area contributed by atoms with E-state index >= 15 is 0 Å². The normalized spacial score (nSPS) is 15.8. The van der Waals surface area contributed by atoms with Crippen molar-refractivity contribution in [2.45, 2.75) is 13.0 Å². The lowest BCUT2D eigenvalue weighted by molar-refractivity contribution is 0.362. The predicted molar refractivity (Wildman–Crippen MR) is 135 cm³/mol. The highest BCUT2D eigenvalue weighted by Crippen LogP contribution is 2.44. The summed E-state index contributed by atoms with van der Waals surface area (Å²) in [6.07, 6.45) is 5.35. The number of benzene rings is 3. The second kappa shape index (κ2) is 9.05. The third kappa shape index (κ3) is 4.41. The van der Waals surface area contributed by atoms with Crippen molar-refractivity contribution in [3.8, 4) is 5.75 Å². The Kier molecular flexibility index (Phi) is 5.96. The van der Waals surface area contributed by atoms with Crippen molar-refractivity contribution < 1.29 is 9.13 Å². The maximum atomic E-state index is 14.6. The van der Waals surface area contributed by atoms with Crippen molar-refractivity contribution in [1.82, 2.24) is 4.90 Å². The molecule has 2 aliphatic rings. The molecule has 33 heavy (non-hydrogen) atoms. The smallest absolute Gasteiger partial charge is 0.123 e. The minimum atomic E-state index is -0.235. The average molecular weight is 461 g/mol. The maximum Gasteiger partial charge on any atom is 0.123 e. The fraction of sp³-hybridized carbons (Fsp3) is 0.214. The molecule has 0 saturated heterocycles. The Morgan fingerprint density at radius 3 is 2.52 bits per heavy atom. The number of ether oxygens (including phenoxy) is 1. The molecule has 0 radical (unpaired) electrons. The van der Waals surface area contributed by atoms with Gasteiger partial charge in [0.05, 0.1) is 7.11 Å². The Labute approximate surface area is 199 Å². The van der Waals surface area contributed by atoms with Crippen molar-refractivity contribution in [3.63, 3.8) is 0 Å². The number of halogens is 2. The molecule has 0 N–H and O–H groups in total. The number of nitrogens with zero attached hydrogens (tertiary/aromatic N) is 2. The largest absolute Gasteiger partial charge is 0.497 e. The number of likely N-dealkylation sites (N-methyl/N-ethyl adjacent to an activating group) is 1. The van der Waals surface area contributed by atoms with Gasteiger partial charge in [-0.05, 0) is 84.8 Å². The van der Waals surface area contributed by atoms with E-state index < -0.39 is 0 Å². The molecule has 0 saturated carbocycles. The van der Waals surface area contributed by atoms with E-state index in [0.29, 0.717) is 11.6 Å². The summed E-state index contributed by atoms with van der Waals surface area (Å²) in [5, 5.41) is 0.684. The molecule has 2 aliphatic heterocycles. The third-order valence-corrected chi connectivity index (χ3v) is 6.61. The highest BCUT2D eigenvalue weighted by atomic mass is 35.5. The third-order valence-electron chi connectivity index (χ3n) is 6.38. The van der Waals surface area contributed by atoms with Crippen LogP contribution >= 0.6 is 11.6 Å². The fourth-order valence-electron chi connectivity index (χ4n) is 4.57. The molecule has 0 aromatic heterocycles. The lowest BCUT2D eigenvalue weighted by atomic mass is 9.91. The van der Waals surface area contributed by atoms with Gasteiger partial charge in [-0.1, -0.05) is 29.8 Å².